The van der Waals surface area contributed by atoms with Gasteiger partial charge < -0.3 is 10.2 Å². The van der Waals surface area contributed by atoms with Crippen molar-refractivity contribution < 1.29 is 18.0 Å². The maximum atomic E-state index is 13.9. The first kappa shape index (κ1) is 28.4. The van der Waals surface area contributed by atoms with E-state index in [2.05, 4.69) is 21.2 Å². The Morgan fingerprint density at radius 3 is 2.22 bits per heavy atom. The zero-order chi connectivity index (χ0) is 27.0. The van der Waals surface area contributed by atoms with Crippen molar-refractivity contribution in [2.75, 3.05) is 23.7 Å². The van der Waals surface area contributed by atoms with E-state index in [1.165, 1.54) is 4.90 Å². The molecule has 1 atom stereocenters. The normalized spacial score (nSPS) is 12.0. The summed E-state index contributed by atoms with van der Waals surface area (Å²) in [6.07, 6.45) is 1.36. The quantitative estimate of drug-likeness (QED) is 0.363. The van der Waals surface area contributed by atoms with Gasteiger partial charge >= 0.3 is 0 Å². The van der Waals surface area contributed by atoms with E-state index in [9.17, 15) is 18.0 Å². The summed E-state index contributed by atoms with van der Waals surface area (Å²) in [6.45, 7) is 3.92. The lowest BCUT2D eigenvalue weighted by atomic mass is 10.0. The molecule has 9 heteroatoms. The maximum absolute atomic E-state index is 13.9. The lowest BCUT2D eigenvalue weighted by Crippen LogP contribution is -2.53. The molecule has 1 unspecified atom stereocenters. The van der Waals surface area contributed by atoms with Gasteiger partial charge in [-0.15, -0.1) is 0 Å². The monoisotopic (exact) mass is 585 g/mol. The van der Waals surface area contributed by atoms with Crippen LogP contribution in [0.4, 0.5) is 5.69 Å². The largest absolute Gasteiger partial charge is 0.355 e. The molecule has 0 saturated heterocycles. The van der Waals surface area contributed by atoms with Crippen molar-refractivity contribution in [1.82, 2.24) is 10.2 Å². The van der Waals surface area contributed by atoms with Crippen LogP contribution in [-0.2, 0) is 32.6 Å². The fourth-order valence-corrected chi connectivity index (χ4v) is 5.21. The summed E-state index contributed by atoms with van der Waals surface area (Å²) < 4.78 is 27.3. The minimum Gasteiger partial charge on any atom is -0.355 e. The van der Waals surface area contributed by atoms with Crippen LogP contribution in [0.5, 0.6) is 0 Å². The Bertz CT molecular complexity index is 1310. The van der Waals surface area contributed by atoms with Crippen LogP contribution in [0, 0.1) is 6.92 Å². The molecule has 1 N–H and O–H groups in total. The van der Waals surface area contributed by atoms with Crippen molar-refractivity contribution >= 4 is 43.5 Å². The van der Waals surface area contributed by atoms with E-state index < -0.39 is 28.5 Å². The third kappa shape index (κ3) is 8.16. The highest BCUT2D eigenvalue weighted by atomic mass is 79.9. The van der Waals surface area contributed by atoms with Gasteiger partial charge in [-0.2, -0.15) is 0 Å². The number of nitrogens with zero attached hydrogens (tertiary/aromatic N) is 2. The van der Waals surface area contributed by atoms with Gasteiger partial charge in [0.2, 0.25) is 21.8 Å². The van der Waals surface area contributed by atoms with Gasteiger partial charge in [0, 0.05) is 24.0 Å². The summed E-state index contributed by atoms with van der Waals surface area (Å²) in [5.41, 5.74) is 3.17. The van der Waals surface area contributed by atoms with Gasteiger partial charge in [0.05, 0.1) is 11.9 Å². The first-order valence-corrected chi connectivity index (χ1v) is 14.6. The standard InChI is InChI=1S/C28H32BrN3O4S/c1-4-30-28(34)26(17-22-9-6-5-7-10-22)31(19-23-15-13-21(2)14-16-23)27(33)20-32(37(3,35)36)25-12-8-11-24(29)18-25/h5-16,18,26H,4,17,19-20H2,1-3H3,(H,30,34). The fourth-order valence-electron chi connectivity index (χ4n) is 3.98. The van der Waals surface area contributed by atoms with E-state index in [4.69, 9.17) is 0 Å². The third-order valence-electron chi connectivity index (χ3n) is 5.87. The zero-order valence-corrected chi connectivity index (χ0v) is 23.6. The number of rotatable bonds is 11. The number of benzene rings is 3. The van der Waals surface area contributed by atoms with Crippen LogP contribution in [0.1, 0.15) is 23.6 Å². The van der Waals surface area contributed by atoms with Crippen molar-refractivity contribution in [2.24, 2.45) is 0 Å². The summed E-state index contributed by atoms with van der Waals surface area (Å²) in [4.78, 5) is 28.7. The van der Waals surface area contributed by atoms with Gasteiger partial charge in [-0.05, 0) is 43.2 Å². The SMILES string of the molecule is CCNC(=O)C(Cc1ccccc1)N(Cc1ccc(C)cc1)C(=O)CN(c1cccc(Br)c1)S(C)(=O)=O. The highest BCUT2D eigenvalue weighted by Crippen LogP contribution is 2.23. The molecule has 0 heterocycles. The molecule has 3 aromatic rings. The first-order chi connectivity index (χ1) is 17.6. The minimum absolute atomic E-state index is 0.157. The fraction of sp³-hybridized carbons (Fsp3) is 0.286. The van der Waals surface area contributed by atoms with Crippen molar-refractivity contribution in [1.29, 1.82) is 0 Å². The Kier molecular flexibility index (Phi) is 9.88. The molecule has 196 valence electrons. The maximum Gasteiger partial charge on any atom is 0.244 e. The molecule has 0 radical (unpaired) electrons. The van der Waals surface area contributed by atoms with Gasteiger partial charge in [0.15, 0.2) is 0 Å². The Morgan fingerprint density at radius 2 is 1.62 bits per heavy atom. The molecule has 0 aliphatic heterocycles. The molecular formula is C28H32BrN3O4S. The Hall–Kier alpha value is -3.17. The molecule has 0 aliphatic rings. The predicted molar refractivity (Wildman–Crippen MR) is 151 cm³/mol. The van der Waals surface area contributed by atoms with Crippen LogP contribution in [0.25, 0.3) is 0 Å². The van der Waals surface area contributed by atoms with Gasteiger partial charge in [0.25, 0.3) is 0 Å². The number of aryl methyl sites for hydroxylation is 1. The highest BCUT2D eigenvalue weighted by Gasteiger charge is 2.32. The van der Waals surface area contributed by atoms with E-state index in [-0.39, 0.29) is 12.5 Å². The smallest absolute Gasteiger partial charge is 0.244 e. The number of halogens is 1. The average Bonchev–Trinajstić information content (AvgIpc) is 2.85. The molecule has 0 aromatic heterocycles. The molecule has 0 saturated carbocycles. The number of nitrogens with one attached hydrogen (secondary N) is 1. The van der Waals surface area contributed by atoms with E-state index in [0.717, 1.165) is 27.3 Å². The number of sulfonamides is 1. The van der Waals surface area contributed by atoms with Gasteiger partial charge in [-0.3, -0.25) is 13.9 Å². The molecule has 0 spiro atoms. The van der Waals surface area contributed by atoms with E-state index in [0.29, 0.717) is 23.1 Å². The summed E-state index contributed by atoms with van der Waals surface area (Å²) in [7, 11) is -3.79. The number of hydrogen-bond acceptors (Lipinski definition) is 4. The van der Waals surface area contributed by atoms with Crippen LogP contribution in [-0.4, -0.2) is 50.5 Å². The summed E-state index contributed by atoms with van der Waals surface area (Å²) in [5.74, 6) is -0.765. The number of hydrogen-bond donors (Lipinski definition) is 1. The van der Waals surface area contributed by atoms with Crippen LogP contribution in [0.3, 0.4) is 0 Å². The average molecular weight is 587 g/mol. The molecule has 37 heavy (non-hydrogen) atoms. The van der Waals surface area contributed by atoms with Crippen molar-refractivity contribution in [3.8, 4) is 0 Å². The number of amides is 2. The lowest BCUT2D eigenvalue weighted by molar-refractivity contribution is -0.140. The second-order valence-electron chi connectivity index (χ2n) is 8.86. The van der Waals surface area contributed by atoms with E-state index >= 15 is 0 Å². The van der Waals surface area contributed by atoms with Crippen LogP contribution < -0.4 is 9.62 Å². The van der Waals surface area contributed by atoms with Gasteiger partial charge in [-0.25, -0.2) is 8.42 Å². The lowest BCUT2D eigenvalue weighted by Gasteiger charge is -2.33. The molecule has 0 fully saturated rings. The second kappa shape index (κ2) is 12.9. The van der Waals surface area contributed by atoms with Crippen LogP contribution in [0.15, 0.2) is 83.3 Å². The molecular weight excluding hydrogens is 554 g/mol. The van der Waals surface area contributed by atoms with Crippen molar-refractivity contribution in [2.45, 2.75) is 32.9 Å². The van der Waals surface area contributed by atoms with Gasteiger partial charge in [-0.1, -0.05) is 82.2 Å². The van der Waals surface area contributed by atoms with E-state index in [1.807, 2.05) is 68.4 Å². The number of likely N-dealkylation sites (N-methyl/N-ethyl adjacent to an activating group) is 1. The van der Waals surface area contributed by atoms with Gasteiger partial charge in [0.1, 0.15) is 12.6 Å². The molecule has 7 nitrogen and oxygen atoms in total. The Balaban J connectivity index is 2.03. The molecule has 3 aromatic carbocycles. The molecule has 3 rings (SSSR count). The topological polar surface area (TPSA) is 86.8 Å². The van der Waals surface area contributed by atoms with Crippen molar-refractivity contribution in [3.05, 3.63) is 100 Å². The second-order valence-corrected chi connectivity index (χ2v) is 11.7. The number of carbonyl (C=O) groups is 2. The van der Waals surface area contributed by atoms with Crippen LogP contribution >= 0.6 is 15.9 Å². The Labute approximate surface area is 227 Å². The number of carbonyl (C=O) groups excluding carboxylic acids is 2. The first-order valence-electron chi connectivity index (χ1n) is 12.0. The van der Waals surface area contributed by atoms with Crippen LogP contribution in [0.2, 0.25) is 0 Å². The Morgan fingerprint density at radius 1 is 0.946 bits per heavy atom. The molecule has 0 bridgehead atoms. The molecule has 2 amide bonds. The molecule has 0 aliphatic carbocycles. The summed E-state index contributed by atoms with van der Waals surface area (Å²) in [6, 6.07) is 23.1. The highest BCUT2D eigenvalue weighted by molar-refractivity contribution is 9.10. The summed E-state index contributed by atoms with van der Waals surface area (Å²) >= 11 is 3.37. The zero-order valence-electron chi connectivity index (χ0n) is 21.2. The predicted octanol–water partition coefficient (Wildman–Crippen LogP) is 4.30. The third-order valence-corrected chi connectivity index (χ3v) is 7.50. The van der Waals surface area contributed by atoms with Crippen molar-refractivity contribution in [3.63, 3.8) is 0 Å². The number of anilines is 1. The van der Waals surface area contributed by atoms with E-state index in [1.54, 1.807) is 24.3 Å². The summed E-state index contributed by atoms with van der Waals surface area (Å²) in [5, 5.41) is 2.85. The minimum atomic E-state index is -3.79.